The molecule has 2 aliphatic heterocycles. The van der Waals surface area contributed by atoms with E-state index < -0.39 is 17.5 Å². The van der Waals surface area contributed by atoms with Gasteiger partial charge in [-0.25, -0.2) is 4.39 Å². The average molecular weight is 290 g/mol. The molecule has 0 spiro atoms. The van der Waals surface area contributed by atoms with Crippen LogP contribution in [0.2, 0.25) is 0 Å². The Morgan fingerprint density at radius 2 is 2.10 bits per heavy atom. The second-order valence-electron chi connectivity index (χ2n) is 5.82. The Hall–Kier alpha value is -1.91. The predicted octanol–water partition coefficient (Wildman–Crippen LogP) is 2.98. The van der Waals surface area contributed by atoms with Gasteiger partial charge in [-0.3, -0.25) is 9.59 Å². The summed E-state index contributed by atoms with van der Waals surface area (Å²) in [6.45, 7) is 3.82. The van der Waals surface area contributed by atoms with E-state index in [0.717, 1.165) is 32.4 Å². The second kappa shape index (κ2) is 5.47. The fourth-order valence-corrected chi connectivity index (χ4v) is 3.21. The fourth-order valence-electron chi connectivity index (χ4n) is 3.21. The molecule has 0 aromatic heterocycles. The summed E-state index contributed by atoms with van der Waals surface area (Å²) in [5.41, 5.74) is 1.06. The van der Waals surface area contributed by atoms with Gasteiger partial charge in [0.15, 0.2) is 0 Å². The fraction of sp³-hybridized carbons (Fsp3) is 0.500. The Morgan fingerprint density at radius 1 is 1.29 bits per heavy atom. The Labute approximate surface area is 123 Å². The van der Waals surface area contributed by atoms with E-state index in [2.05, 4.69) is 12.2 Å². The van der Waals surface area contributed by atoms with E-state index in [1.54, 1.807) is 6.07 Å². The lowest BCUT2D eigenvalue weighted by Gasteiger charge is -2.24. The Kier molecular flexibility index (Phi) is 3.66. The SMILES string of the molecule is CCC1CCCN(c2cc3c(cc2F)C(=O)C(=O)N3)CC1. The summed E-state index contributed by atoms with van der Waals surface area (Å²) in [7, 11) is 0. The lowest BCUT2D eigenvalue weighted by Crippen LogP contribution is -2.25. The largest absolute Gasteiger partial charge is 0.369 e. The smallest absolute Gasteiger partial charge is 0.296 e. The number of fused-ring (bicyclic) bond motifs is 1. The van der Waals surface area contributed by atoms with Crippen LogP contribution in [0.5, 0.6) is 0 Å². The molecule has 1 N–H and O–H groups in total. The van der Waals surface area contributed by atoms with Crippen molar-refractivity contribution in [3.8, 4) is 0 Å². The van der Waals surface area contributed by atoms with E-state index in [0.29, 0.717) is 17.3 Å². The lowest BCUT2D eigenvalue weighted by molar-refractivity contribution is -0.112. The van der Waals surface area contributed by atoms with E-state index in [4.69, 9.17) is 0 Å². The predicted molar refractivity (Wildman–Crippen MR) is 79.2 cm³/mol. The van der Waals surface area contributed by atoms with Crippen molar-refractivity contribution in [2.45, 2.75) is 32.6 Å². The summed E-state index contributed by atoms with van der Waals surface area (Å²) in [5.74, 6) is -1.05. The van der Waals surface area contributed by atoms with Gasteiger partial charge in [0, 0.05) is 13.1 Å². The van der Waals surface area contributed by atoms with Crippen LogP contribution in [0.1, 0.15) is 43.0 Å². The molecule has 3 rings (SSSR count). The number of halogens is 1. The van der Waals surface area contributed by atoms with Gasteiger partial charge < -0.3 is 10.2 Å². The van der Waals surface area contributed by atoms with Crippen molar-refractivity contribution in [2.24, 2.45) is 5.92 Å². The highest BCUT2D eigenvalue weighted by Gasteiger charge is 2.30. The van der Waals surface area contributed by atoms with Crippen molar-refractivity contribution >= 4 is 23.1 Å². The molecule has 2 aliphatic rings. The molecule has 5 heteroatoms. The van der Waals surface area contributed by atoms with Crippen LogP contribution in [-0.4, -0.2) is 24.8 Å². The maximum atomic E-state index is 14.3. The van der Waals surface area contributed by atoms with E-state index >= 15 is 0 Å². The van der Waals surface area contributed by atoms with Crippen molar-refractivity contribution in [3.05, 3.63) is 23.5 Å². The molecule has 0 saturated carbocycles. The highest BCUT2D eigenvalue weighted by atomic mass is 19.1. The van der Waals surface area contributed by atoms with E-state index in [-0.39, 0.29) is 5.56 Å². The number of nitrogens with one attached hydrogen (secondary N) is 1. The van der Waals surface area contributed by atoms with Gasteiger partial charge in [-0.2, -0.15) is 0 Å². The first-order valence-corrected chi connectivity index (χ1v) is 7.54. The molecular weight excluding hydrogens is 271 g/mol. The maximum absolute atomic E-state index is 14.3. The first-order valence-electron chi connectivity index (χ1n) is 7.54. The minimum absolute atomic E-state index is 0.141. The molecule has 21 heavy (non-hydrogen) atoms. The van der Waals surface area contributed by atoms with Gasteiger partial charge in [-0.1, -0.05) is 13.3 Å². The number of Topliss-reactive ketones (excluding diaryl/α,β-unsaturated/α-hetero) is 1. The third kappa shape index (κ3) is 2.52. The van der Waals surface area contributed by atoms with Gasteiger partial charge in [0.25, 0.3) is 11.7 Å². The third-order valence-electron chi connectivity index (χ3n) is 4.55. The molecule has 0 aliphatic carbocycles. The van der Waals surface area contributed by atoms with E-state index in [1.165, 1.54) is 12.5 Å². The molecule has 1 unspecified atom stereocenters. The Bertz CT molecular complexity index is 600. The monoisotopic (exact) mass is 290 g/mol. The molecule has 1 atom stereocenters. The Morgan fingerprint density at radius 3 is 2.86 bits per heavy atom. The molecule has 112 valence electrons. The summed E-state index contributed by atoms with van der Waals surface area (Å²) >= 11 is 0. The van der Waals surface area contributed by atoms with Crippen LogP contribution in [0, 0.1) is 11.7 Å². The molecule has 1 aromatic rings. The van der Waals surface area contributed by atoms with Gasteiger partial charge in [0.1, 0.15) is 5.82 Å². The number of hydrogen-bond donors (Lipinski definition) is 1. The summed E-state index contributed by atoms with van der Waals surface area (Å²) in [4.78, 5) is 25.0. The Balaban J connectivity index is 1.88. The number of nitrogens with zero attached hydrogens (tertiary/aromatic N) is 1. The number of amides is 1. The molecule has 1 saturated heterocycles. The average Bonchev–Trinajstić information content (AvgIpc) is 2.68. The number of benzene rings is 1. The third-order valence-corrected chi connectivity index (χ3v) is 4.55. The van der Waals surface area contributed by atoms with Crippen molar-refractivity contribution in [1.82, 2.24) is 0 Å². The number of carbonyl (C=O) groups is 2. The summed E-state index contributed by atoms with van der Waals surface area (Å²) in [6, 6.07) is 2.78. The summed E-state index contributed by atoms with van der Waals surface area (Å²) in [5, 5.41) is 2.51. The number of anilines is 2. The van der Waals surface area contributed by atoms with Gasteiger partial charge >= 0.3 is 0 Å². The quantitative estimate of drug-likeness (QED) is 0.852. The van der Waals surface area contributed by atoms with Gasteiger partial charge in [-0.15, -0.1) is 0 Å². The van der Waals surface area contributed by atoms with Crippen molar-refractivity contribution in [2.75, 3.05) is 23.3 Å². The molecule has 2 heterocycles. The standard InChI is InChI=1S/C16H19FN2O2/c1-2-10-4-3-6-19(7-5-10)14-9-13-11(8-12(14)17)15(20)16(21)18-13/h8-10H,2-7H2,1H3,(H,18,20,21). The molecule has 0 radical (unpaired) electrons. The first-order chi connectivity index (χ1) is 10.1. The number of hydrogen-bond acceptors (Lipinski definition) is 3. The minimum atomic E-state index is -0.677. The first kappa shape index (κ1) is 14.0. The van der Waals surface area contributed by atoms with Gasteiger partial charge in [0.2, 0.25) is 0 Å². The van der Waals surface area contributed by atoms with Crippen molar-refractivity contribution < 1.29 is 14.0 Å². The number of rotatable bonds is 2. The lowest BCUT2D eigenvalue weighted by atomic mass is 9.98. The second-order valence-corrected chi connectivity index (χ2v) is 5.82. The summed E-state index contributed by atoms with van der Waals surface area (Å²) < 4.78 is 14.3. The van der Waals surface area contributed by atoms with Crippen LogP contribution >= 0.6 is 0 Å². The van der Waals surface area contributed by atoms with E-state index in [1.807, 2.05) is 4.90 Å². The normalized spacial score (nSPS) is 22.0. The summed E-state index contributed by atoms with van der Waals surface area (Å²) in [6.07, 6.45) is 4.43. The van der Waals surface area contributed by atoms with Crippen LogP contribution in [0.3, 0.4) is 0 Å². The molecular formula is C16H19FN2O2. The molecule has 0 bridgehead atoms. The minimum Gasteiger partial charge on any atom is -0.369 e. The molecule has 1 amide bonds. The van der Waals surface area contributed by atoms with Crippen LogP contribution < -0.4 is 10.2 Å². The van der Waals surface area contributed by atoms with Crippen LogP contribution in [0.4, 0.5) is 15.8 Å². The van der Waals surface area contributed by atoms with Crippen molar-refractivity contribution in [3.63, 3.8) is 0 Å². The zero-order valence-electron chi connectivity index (χ0n) is 12.1. The zero-order valence-corrected chi connectivity index (χ0v) is 12.1. The topological polar surface area (TPSA) is 49.4 Å². The van der Waals surface area contributed by atoms with Crippen LogP contribution in [-0.2, 0) is 4.79 Å². The number of ketones is 1. The molecule has 1 aromatic carbocycles. The van der Waals surface area contributed by atoms with Crippen LogP contribution in [0.25, 0.3) is 0 Å². The van der Waals surface area contributed by atoms with Gasteiger partial charge in [0.05, 0.1) is 16.9 Å². The molecule has 1 fully saturated rings. The van der Waals surface area contributed by atoms with E-state index in [9.17, 15) is 14.0 Å². The van der Waals surface area contributed by atoms with Crippen LogP contribution in [0.15, 0.2) is 12.1 Å². The van der Waals surface area contributed by atoms with Gasteiger partial charge in [-0.05, 0) is 37.3 Å². The maximum Gasteiger partial charge on any atom is 0.296 e. The molecule has 4 nitrogen and oxygen atoms in total. The zero-order chi connectivity index (χ0) is 15.0. The highest BCUT2D eigenvalue weighted by Crippen LogP contribution is 2.33. The number of carbonyl (C=O) groups excluding carboxylic acids is 2. The van der Waals surface area contributed by atoms with Crippen molar-refractivity contribution in [1.29, 1.82) is 0 Å². The highest BCUT2D eigenvalue weighted by molar-refractivity contribution is 6.51.